The molecule has 0 aliphatic heterocycles. The van der Waals surface area contributed by atoms with E-state index in [9.17, 15) is 15.0 Å². The van der Waals surface area contributed by atoms with Crippen LogP contribution in [0.4, 0.5) is 0 Å². The molecule has 0 amide bonds. The Morgan fingerprint density at radius 3 is 2.81 bits per heavy atom. The van der Waals surface area contributed by atoms with Crippen molar-refractivity contribution in [1.82, 2.24) is 9.55 Å². The molecule has 2 aromatic rings. The van der Waals surface area contributed by atoms with Crippen LogP contribution in [0.15, 0.2) is 24.3 Å². The van der Waals surface area contributed by atoms with Gasteiger partial charge >= 0.3 is 5.97 Å². The molecule has 1 aliphatic carbocycles. The number of aliphatic hydroxyl groups is 1. The summed E-state index contributed by atoms with van der Waals surface area (Å²) in [6.45, 7) is 0.483. The average Bonchev–Trinajstić information content (AvgIpc) is 2.86. The van der Waals surface area contributed by atoms with E-state index in [2.05, 4.69) is 4.98 Å². The Labute approximate surface area is 123 Å². The van der Waals surface area contributed by atoms with Crippen molar-refractivity contribution in [1.29, 1.82) is 0 Å². The molecule has 5 nitrogen and oxygen atoms in total. The number of nitrogens with zero attached hydrogens (tertiary/aromatic N) is 2. The van der Waals surface area contributed by atoms with Gasteiger partial charge in [-0.2, -0.15) is 0 Å². The second kappa shape index (κ2) is 5.85. The third kappa shape index (κ3) is 2.53. The number of rotatable bonds is 4. The zero-order valence-electron chi connectivity index (χ0n) is 11.9. The number of carbonyl (C=O) groups is 1. The minimum atomic E-state index is -0.734. The molecule has 2 N–H and O–H groups in total. The molecule has 1 aromatic carbocycles. The third-order valence-electron chi connectivity index (χ3n) is 4.42. The van der Waals surface area contributed by atoms with Crippen molar-refractivity contribution in [3.8, 4) is 0 Å². The van der Waals surface area contributed by atoms with Crippen LogP contribution in [-0.2, 0) is 11.3 Å². The molecule has 0 radical (unpaired) electrons. The van der Waals surface area contributed by atoms with Gasteiger partial charge in [-0.05, 0) is 25.0 Å². The molecule has 3 rings (SSSR count). The highest BCUT2D eigenvalue weighted by molar-refractivity contribution is 5.77. The lowest BCUT2D eigenvalue weighted by atomic mass is 9.78. The highest BCUT2D eigenvalue weighted by Crippen LogP contribution is 2.38. The van der Waals surface area contributed by atoms with Crippen LogP contribution in [0.3, 0.4) is 0 Å². The van der Waals surface area contributed by atoms with Crippen LogP contribution >= 0.6 is 0 Å². The third-order valence-corrected chi connectivity index (χ3v) is 4.42. The van der Waals surface area contributed by atoms with Crippen molar-refractivity contribution in [2.45, 2.75) is 38.1 Å². The molecule has 21 heavy (non-hydrogen) atoms. The summed E-state index contributed by atoms with van der Waals surface area (Å²) in [5.74, 6) is -0.345. The molecule has 0 saturated heterocycles. The Bertz CT molecular complexity index is 650. The summed E-state index contributed by atoms with van der Waals surface area (Å²) in [5, 5.41) is 18.8. The Morgan fingerprint density at radius 2 is 2.05 bits per heavy atom. The smallest absolute Gasteiger partial charge is 0.307 e. The molecule has 2 atom stereocenters. The van der Waals surface area contributed by atoms with E-state index < -0.39 is 5.97 Å². The van der Waals surface area contributed by atoms with E-state index in [1.165, 1.54) is 0 Å². The van der Waals surface area contributed by atoms with E-state index in [0.717, 1.165) is 36.1 Å². The molecule has 5 heteroatoms. The molecule has 112 valence electrons. The SMILES string of the molecule is O=C(O)C1CCCCC1c1nc2ccccc2n1CCO. The van der Waals surface area contributed by atoms with Gasteiger partial charge in [-0.15, -0.1) is 0 Å². The van der Waals surface area contributed by atoms with E-state index in [1.54, 1.807) is 0 Å². The standard InChI is InChI=1S/C16H20N2O3/c19-10-9-18-14-8-4-3-7-13(14)17-15(18)11-5-1-2-6-12(11)16(20)21/h3-4,7-8,11-12,19H,1-2,5-6,9-10H2,(H,20,21). The molecule has 1 aromatic heterocycles. The predicted octanol–water partition coefficient (Wildman–Crippen LogP) is 2.39. The number of carboxylic acid groups (broad SMARTS) is 1. The summed E-state index contributed by atoms with van der Waals surface area (Å²) in [4.78, 5) is 16.2. The summed E-state index contributed by atoms with van der Waals surface area (Å²) in [6.07, 6.45) is 3.57. The maximum Gasteiger partial charge on any atom is 0.307 e. The second-order valence-electron chi connectivity index (χ2n) is 5.67. The van der Waals surface area contributed by atoms with Gasteiger partial charge in [0.2, 0.25) is 0 Å². The fourth-order valence-electron chi connectivity index (χ4n) is 3.45. The first-order valence-electron chi connectivity index (χ1n) is 7.51. The van der Waals surface area contributed by atoms with Crippen molar-refractivity contribution in [2.24, 2.45) is 5.92 Å². The highest BCUT2D eigenvalue weighted by Gasteiger charge is 2.35. The summed E-state index contributed by atoms with van der Waals surface area (Å²) >= 11 is 0. The molecule has 1 heterocycles. The minimum absolute atomic E-state index is 0.0256. The van der Waals surface area contributed by atoms with Crippen LogP contribution in [0.1, 0.15) is 37.4 Å². The number of aliphatic hydroxyl groups excluding tert-OH is 1. The second-order valence-corrected chi connectivity index (χ2v) is 5.67. The van der Waals surface area contributed by atoms with Crippen molar-refractivity contribution < 1.29 is 15.0 Å². The maximum atomic E-state index is 11.5. The van der Waals surface area contributed by atoms with Gasteiger partial charge < -0.3 is 14.8 Å². The fourth-order valence-corrected chi connectivity index (χ4v) is 3.45. The largest absolute Gasteiger partial charge is 0.481 e. The summed E-state index contributed by atoms with van der Waals surface area (Å²) < 4.78 is 1.99. The van der Waals surface area contributed by atoms with Gasteiger partial charge in [0.1, 0.15) is 5.82 Å². The lowest BCUT2D eigenvalue weighted by Gasteiger charge is -2.28. The monoisotopic (exact) mass is 288 g/mol. The zero-order chi connectivity index (χ0) is 14.8. The number of benzene rings is 1. The number of fused-ring (bicyclic) bond motifs is 1. The Morgan fingerprint density at radius 1 is 1.29 bits per heavy atom. The molecule has 1 saturated carbocycles. The van der Waals surface area contributed by atoms with Crippen LogP contribution in [0.5, 0.6) is 0 Å². The van der Waals surface area contributed by atoms with Crippen LogP contribution in [0.2, 0.25) is 0 Å². The quantitative estimate of drug-likeness (QED) is 0.905. The molecule has 0 spiro atoms. The van der Waals surface area contributed by atoms with Gasteiger partial charge in [-0.3, -0.25) is 4.79 Å². The number of para-hydroxylation sites is 2. The first-order chi connectivity index (χ1) is 10.2. The van der Waals surface area contributed by atoms with Crippen molar-refractivity contribution in [3.63, 3.8) is 0 Å². The van der Waals surface area contributed by atoms with E-state index in [0.29, 0.717) is 13.0 Å². The summed E-state index contributed by atoms with van der Waals surface area (Å²) in [5.41, 5.74) is 1.84. The first-order valence-corrected chi connectivity index (χ1v) is 7.51. The topological polar surface area (TPSA) is 75.3 Å². The number of hydrogen-bond donors (Lipinski definition) is 2. The first kappa shape index (κ1) is 14.1. The zero-order valence-corrected chi connectivity index (χ0v) is 11.9. The van der Waals surface area contributed by atoms with Gasteiger partial charge in [0, 0.05) is 12.5 Å². The molecule has 1 aliphatic rings. The number of aliphatic carboxylic acids is 1. The van der Waals surface area contributed by atoms with Gasteiger partial charge in [-0.25, -0.2) is 4.98 Å². The number of hydrogen-bond acceptors (Lipinski definition) is 3. The average molecular weight is 288 g/mol. The van der Waals surface area contributed by atoms with Crippen LogP contribution in [0, 0.1) is 5.92 Å². The summed E-state index contributed by atoms with van der Waals surface area (Å²) in [6, 6.07) is 7.78. The highest BCUT2D eigenvalue weighted by atomic mass is 16.4. The normalized spacial score (nSPS) is 22.5. The van der Waals surface area contributed by atoms with Crippen molar-refractivity contribution in [3.05, 3.63) is 30.1 Å². The van der Waals surface area contributed by atoms with E-state index in [1.807, 2.05) is 28.8 Å². The van der Waals surface area contributed by atoms with Gasteiger partial charge in [0.15, 0.2) is 0 Å². The predicted molar refractivity (Wildman–Crippen MR) is 79.2 cm³/mol. The van der Waals surface area contributed by atoms with Crippen molar-refractivity contribution in [2.75, 3.05) is 6.61 Å². The lowest BCUT2D eigenvalue weighted by molar-refractivity contribution is -0.143. The minimum Gasteiger partial charge on any atom is -0.481 e. The van der Waals surface area contributed by atoms with E-state index >= 15 is 0 Å². The Kier molecular flexibility index (Phi) is 3.92. The number of carboxylic acids is 1. The Hall–Kier alpha value is -1.88. The molecule has 2 unspecified atom stereocenters. The summed E-state index contributed by atoms with van der Waals surface area (Å²) in [7, 11) is 0. The fraction of sp³-hybridized carbons (Fsp3) is 0.500. The maximum absolute atomic E-state index is 11.5. The number of aromatic nitrogens is 2. The van der Waals surface area contributed by atoms with Gasteiger partial charge in [0.05, 0.1) is 23.6 Å². The molecular weight excluding hydrogens is 268 g/mol. The molecule has 0 bridgehead atoms. The van der Waals surface area contributed by atoms with Gasteiger partial charge in [-0.1, -0.05) is 25.0 Å². The van der Waals surface area contributed by atoms with Crippen molar-refractivity contribution >= 4 is 17.0 Å². The molecular formula is C16H20N2O3. The van der Waals surface area contributed by atoms with E-state index in [-0.39, 0.29) is 18.4 Å². The Balaban J connectivity index is 2.09. The molecule has 1 fully saturated rings. The van der Waals surface area contributed by atoms with Crippen LogP contribution in [-0.4, -0.2) is 32.3 Å². The van der Waals surface area contributed by atoms with E-state index in [4.69, 9.17) is 0 Å². The van der Waals surface area contributed by atoms with Gasteiger partial charge in [0.25, 0.3) is 0 Å². The number of imidazole rings is 1. The lowest BCUT2D eigenvalue weighted by Crippen LogP contribution is -2.28. The van der Waals surface area contributed by atoms with Crippen LogP contribution in [0.25, 0.3) is 11.0 Å². The van der Waals surface area contributed by atoms with Crippen LogP contribution < -0.4 is 0 Å².